The fraction of sp³-hybridized carbons (Fsp3) is 0.632. The van der Waals surface area contributed by atoms with Crippen molar-refractivity contribution in [2.75, 3.05) is 6.54 Å². The largest absolute Gasteiger partial charge is 0.339 e. The lowest BCUT2D eigenvalue weighted by molar-refractivity contribution is -0.134. The molecule has 0 N–H and O–H groups in total. The maximum atomic E-state index is 12.9. The van der Waals surface area contributed by atoms with Gasteiger partial charge in [-0.05, 0) is 61.6 Å². The Morgan fingerprint density at radius 1 is 1.05 bits per heavy atom. The number of carbonyl (C=O) groups is 1. The number of amides is 1. The first-order valence-electron chi connectivity index (χ1n) is 8.80. The second kappa shape index (κ2) is 5.99. The van der Waals surface area contributed by atoms with Gasteiger partial charge in [0.2, 0.25) is 5.91 Å². The van der Waals surface area contributed by atoms with Gasteiger partial charge in [0.05, 0.1) is 0 Å². The van der Waals surface area contributed by atoms with E-state index < -0.39 is 0 Å². The van der Waals surface area contributed by atoms with Gasteiger partial charge in [-0.15, -0.1) is 0 Å². The van der Waals surface area contributed by atoms with Crippen molar-refractivity contribution < 1.29 is 4.79 Å². The van der Waals surface area contributed by atoms with E-state index in [4.69, 9.17) is 0 Å². The SMILES string of the molecule is O=C(C1CC1c1ccc(Br)cc1)N1CCCC1C1CCCC1. The molecular formula is C19H24BrNO. The molecule has 0 aromatic heterocycles. The number of carbonyl (C=O) groups excluding carboxylic acids is 1. The Hall–Kier alpha value is -0.830. The number of rotatable bonds is 3. The molecule has 3 heteroatoms. The van der Waals surface area contributed by atoms with Crippen LogP contribution in [-0.2, 0) is 4.79 Å². The number of halogens is 1. The Balaban J connectivity index is 1.43. The average Bonchev–Trinajstić information content (AvgIpc) is 2.94. The Bertz CT molecular complexity index is 549. The molecule has 3 fully saturated rings. The lowest BCUT2D eigenvalue weighted by Gasteiger charge is -2.29. The van der Waals surface area contributed by atoms with Crippen molar-refractivity contribution in [2.45, 2.75) is 56.9 Å². The highest BCUT2D eigenvalue weighted by Crippen LogP contribution is 2.50. The van der Waals surface area contributed by atoms with E-state index in [1.54, 1.807) is 0 Å². The van der Waals surface area contributed by atoms with Crippen molar-refractivity contribution >= 4 is 21.8 Å². The first-order valence-corrected chi connectivity index (χ1v) is 9.59. The molecule has 1 aromatic carbocycles. The van der Waals surface area contributed by atoms with Crippen LogP contribution in [0.5, 0.6) is 0 Å². The fourth-order valence-corrected chi connectivity index (χ4v) is 4.92. The minimum absolute atomic E-state index is 0.253. The van der Waals surface area contributed by atoms with E-state index in [0.29, 0.717) is 17.9 Å². The highest BCUT2D eigenvalue weighted by atomic mass is 79.9. The summed E-state index contributed by atoms with van der Waals surface area (Å²) in [6.07, 6.45) is 8.93. The zero-order valence-electron chi connectivity index (χ0n) is 13.0. The minimum atomic E-state index is 0.253. The Morgan fingerprint density at radius 3 is 2.50 bits per heavy atom. The first-order chi connectivity index (χ1) is 10.7. The summed E-state index contributed by atoms with van der Waals surface area (Å²) in [6.45, 7) is 1.00. The molecule has 3 aliphatic rings. The highest BCUT2D eigenvalue weighted by molar-refractivity contribution is 9.10. The van der Waals surface area contributed by atoms with Crippen LogP contribution in [-0.4, -0.2) is 23.4 Å². The van der Waals surface area contributed by atoms with Crippen LogP contribution in [0.3, 0.4) is 0 Å². The third-order valence-corrected chi connectivity index (χ3v) is 6.46. The number of likely N-dealkylation sites (tertiary alicyclic amines) is 1. The van der Waals surface area contributed by atoms with Gasteiger partial charge in [0, 0.05) is 23.0 Å². The summed E-state index contributed by atoms with van der Waals surface area (Å²) in [5, 5.41) is 0. The Morgan fingerprint density at radius 2 is 1.77 bits per heavy atom. The Labute approximate surface area is 141 Å². The van der Waals surface area contributed by atoms with Gasteiger partial charge in [-0.3, -0.25) is 4.79 Å². The van der Waals surface area contributed by atoms with Gasteiger partial charge < -0.3 is 4.90 Å². The van der Waals surface area contributed by atoms with Crippen LogP contribution < -0.4 is 0 Å². The molecule has 0 bridgehead atoms. The summed E-state index contributed by atoms with van der Waals surface area (Å²) >= 11 is 3.48. The highest BCUT2D eigenvalue weighted by Gasteiger charge is 2.48. The molecule has 2 aliphatic carbocycles. The van der Waals surface area contributed by atoms with Crippen LogP contribution in [0.2, 0.25) is 0 Å². The third kappa shape index (κ3) is 2.73. The van der Waals surface area contributed by atoms with Gasteiger partial charge in [0.1, 0.15) is 0 Å². The van der Waals surface area contributed by atoms with Crippen LogP contribution in [0.4, 0.5) is 0 Å². The second-order valence-corrected chi connectivity index (χ2v) is 8.20. The summed E-state index contributed by atoms with van der Waals surface area (Å²) in [4.78, 5) is 15.2. The molecule has 1 heterocycles. The van der Waals surface area contributed by atoms with E-state index in [9.17, 15) is 4.79 Å². The van der Waals surface area contributed by atoms with Crippen molar-refractivity contribution in [3.05, 3.63) is 34.3 Å². The van der Waals surface area contributed by atoms with E-state index >= 15 is 0 Å². The first kappa shape index (κ1) is 14.7. The maximum absolute atomic E-state index is 12.9. The van der Waals surface area contributed by atoms with Gasteiger partial charge in [0.25, 0.3) is 0 Å². The van der Waals surface area contributed by atoms with Crippen molar-refractivity contribution in [3.63, 3.8) is 0 Å². The molecular weight excluding hydrogens is 338 g/mol. The molecule has 2 saturated carbocycles. The average molecular weight is 362 g/mol. The quantitative estimate of drug-likeness (QED) is 0.761. The molecule has 1 amide bonds. The molecule has 118 valence electrons. The molecule has 4 rings (SSSR count). The van der Waals surface area contributed by atoms with Crippen LogP contribution in [0.15, 0.2) is 28.7 Å². The third-order valence-electron chi connectivity index (χ3n) is 5.93. The predicted octanol–water partition coefficient (Wildman–Crippen LogP) is 4.73. The molecule has 1 aliphatic heterocycles. The monoisotopic (exact) mass is 361 g/mol. The second-order valence-electron chi connectivity index (χ2n) is 7.29. The molecule has 0 radical (unpaired) electrons. The van der Waals surface area contributed by atoms with Crippen molar-refractivity contribution in [1.82, 2.24) is 4.90 Å². The molecule has 1 aromatic rings. The van der Waals surface area contributed by atoms with Crippen molar-refractivity contribution in [3.8, 4) is 0 Å². The molecule has 3 atom stereocenters. The minimum Gasteiger partial charge on any atom is -0.339 e. The summed E-state index contributed by atoms with van der Waals surface area (Å²) in [5.74, 6) is 1.95. The molecule has 2 nitrogen and oxygen atoms in total. The number of hydrogen-bond acceptors (Lipinski definition) is 1. The van der Waals surface area contributed by atoms with Gasteiger partial charge in [-0.25, -0.2) is 0 Å². The fourth-order valence-electron chi connectivity index (χ4n) is 4.66. The lowest BCUT2D eigenvalue weighted by Crippen LogP contribution is -2.40. The van der Waals surface area contributed by atoms with Crippen LogP contribution in [0.1, 0.15) is 56.4 Å². The standard InChI is InChI=1S/C19H24BrNO/c20-15-9-7-13(8-10-15)16-12-17(16)19(22)21-11-3-6-18(21)14-4-1-2-5-14/h7-10,14,16-18H,1-6,11-12H2. The molecule has 0 spiro atoms. The van der Waals surface area contributed by atoms with E-state index in [1.165, 1.54) is 44.1 Å². The topological polar surface area (TPSA) is 20.3 Å². The Kier molecular flexibility index (Phi) is 4.02. The number of hydrogen-bond donors (Lipinski definition) is 0. The van der Waals surface area contributed by atoms with Crippen LogP contribution in [0, 0.1) is 11.8 Å². The van der Waals surface area contributed by atoms with E-state index in [-0.39, 0.29) is 5.92 Å². The normalized spacial score (nSPS) is 31.7. The number of benzene rings is 1. The van der Waals surface area contributed by atoms with Gasteiger partial charge in [-0.1, -0.05) is 40.9 Å². The van der Waals surface area contributed by atoms with Crippen molar-refractivity contribution in [2.24, 2.45) is 11.8 Å². The van der Waals surface area contributed by atoms with Gasteiger partial charge in [-0.2, -0.15) is 0 Å². The van der Waals surface area contributed by atoms with E-state index in [1.807, 2.05) is 0 Å². The smallest absolute Gasteiger partial charge is 0.226 e. The van der Waals surface area contributed by atoms with Crippen molar-refractivity contribution in [1.29, 1.82) is 0 Å². The van der Waals surface area contributed by atoms with Crippen LogP contribution in [0.25, 0.3) is 0 Å². The molecule has 22 heavy (non-hydrogen) atoms. The van der Waals surface area contributed by atoms with Gasteiger partial charge >= 0.3 is 0 Å². The maximum Gasteiger partial charge on any atom is 0.226 e. The van der Waals surface area contributed by atoms with E-state index in [2.05, 4.69) is 45.1 Å². The summed E-state index contributed by atoms with van der Waals surface area (Å²) in [7, 11) is 0. The summed E-state index contributed by atoms with van der Waals surface area (Å²) in [5.41, 5.74) is 1.33. The number of nitrogens with zero attached hydrogens (tertiary/aromatic N) is 1. The van der Waals surface area contributed by atoms with E-state index in [0.717, 1.165) is 23.4 Å². The van der Waals surface area contributed by atoms with Gasteiger partial charge in [0.15, 0.2) is 0 Å². The van der Waals surface area contributed by atoms with Crippen LogP contribution >= 0.6 is 15.9 Å². The molecule has 1 saturated heterocycles. The summed E-state index contributed by atoms with van der Waals surface area (Å²) < 4.78 is 1.11. The summed E-state index contributed by atoms with van der Waals surface area (Å²) in [6, 6.07) is 9.07. The zero-order valence-corrected chi connectivity index (χ0v) is 14.6. The zero-order chi connectivity index (χ0) is 15.1. The molecule has 3 unspecified atom stereocenters. The lowest BCUT2D eigenvalue weighted by atomic mass is 9.95. The predicted molar refractivity (Wildman–Crippen MR) is 91.7 cm³/mol.